The smallest absolute Gasteiger partial charge is 0.255 e. The van der Waals surface area contributed by atoms with E-state index in [4.69, 9.17) is 21.4 Å². The molecule has 9 heteroatoms. The average Bonchev–Trinajstić information content (AvgIpc) is 3.28. The van der Waals surface area contributed by atoms with Gasteiger partial charge in [0.2, 0.25) is 5.95 Å². The maximum Gasteiger partial charge on any atom is 0.255 e. The minimum atomic E-state index is -0.643. The Balaban J connectivity index is 1.59. The molecule has 1 atom stereocenters. The molecule has 0 saturated carbocycles. The SMILES string of the molecule is COc1ccccc1NC(=O)C1=C(C)Nc2nc(-c3ccc(Cl)cc3)nn2C1c1ccc(F)cc1. The summed E-state index contributed by atoms with van der Waals surface area (Å²) < 4.78 is 20.8. The molecule has 176 valence electrons. The van der Waals surface area contributed by atoms with Gasteiger partial charge < -0.3 is 15.4 Å². The Morgan fingerprint density at radius 1 is 1.09 bits per heavy atom. The van der Waals surface area contributed by atoms with E-state index < -0.39 is 6.04 Å². The number of rotatable bonds is 5. The van der Waals surface area contributed by atoms with Gasteiger partial charge in [-0.3, -0.25) is 4.79 Å². The Hall–Kier alpha value is -4.17. The number of aromatic nitrogens is 3. The van der Waals surface area contributed by atoms with Gasteiger partial charge in [-0.1, -0.05) is 35.9 Å². The average molecular weight is 490 g/mol. The number of methoxy groups -OCH3 is 1. The first-order valence-electron chi connectivity index (χ1n) is 10.8. The first-order valence-corrected chi connectivity index (χ1v) is 11.2. The van der Waals surface area contributed by atoms with Gasteiger partial charge in [-0.15, -0.1) is 5.10 Å². The van der Waals surface area contributed by atoms with Crippen molar-refractivity contribution < 1.29 is 13.9 Å². The van der Waals surface area contributed by atoms with Crippen LogP contribution in [0.25, 0.3) is 11.4 Å². The van der Waals surface area contributed by atoms with Crippen LogP contribution in [0.2, 0.25) is 5.02 Å². The summed E-state index contributed by atoms with van der Waals surface area (Å²) in [6.45, 7) is 1.80. The van der Waals surface area contributed by atoms with Crippen LogP contribution in [-0.4, -0.2) is 27.8 Å². The van der Waals surface area contributed by atoms with Crippen LogP contribution in [-0.2, 0) is 4.79 Å². The molecular formula is C26H21ClFN5O2. The molecule has 0 spiro atoms. The maximum atomic E-state index is 13.7. The minimum Gasteiger partial charge on any atom is -0.495 e. The number of hydrogen-bond acceptors (Lipinski definition) is 5. The third kappa shape index (κ3) is 4.36. The molecular weight excluding hydrogens is 469 g/mol. The number of hydrogen-bond donors (Lipinski definition) is 2. The molecule has 1 amide bonds. The van der Waals surface area contributed by atoms with Crippen LogP contribution >= 0.6 is 11.6 Å². The van der Waals surface area contributed by atoms with E-state index in [1.54, 1.807) is 55.1 Å². The number of halogens is 2. The first kappa shape index (κ1) is 22.6. The van der Waals surface area contributed by atoms with Crippen molar-refractivity contribution in [1.29, 1.82) is 0 Å². The monoisotopic (exact) mass is 489 g/mol. The first-order chi connectivity index (χ1) is 16.9. The van der Waals surface area contributed by atoms with Crippen molar-refractivity contribution >= 4 is 29.1 Å². The van der Waals surface area contributed by atoms with Crippen LogP contribution in [0, 0.1) is 5.82 Å². The van der Waals surface area contributed by atoms with Crippen molar-refractivity contribution in [3.8, 4) is 17.1 Å². The van der Waals surface area contributed by atoms with Crippen LogP contribution in [0.5, 0.6) is 5.75 Å². The summed E-state index contributed by atoms with van der Waals surface area (Å²) in [4.78, 5) is 18.2. The zero-order valence-corrected chi connectivity index (χ0v) is 19.7. The molecule has 2 heterocycles. The summed E-state index contributed by atoms with van der Waals surface area (Å²) in [6.07, 6.45) is 0. The number of ether oxygens (including phenoxy) is 1. The van der Waals surface area contributed by atoms with Crippen molar-refractivity contribution in [3.05, 3.63) is 100 Å². The van der Waals surface area contributed by atoms with Crippen molar-refractivity contribution in [2.24, 2.45) is 0 Å². The van der Waals surface area contributed by atoms with Crippen LogP contribution in [0.3, 0.4) is 0 Å². The highest BCUT2D eigenvalue weighted by Gasteiger charge is 2.34. The molecule has 0 fully saturated rings. The number of amides is 1. The number of fused-ring (bicyclic) bond motifs is 1. The second-order valence-electron chi connectivity index (χ2n) is 7.98. The zero-order chi connectivity index (χ0) is 24.5. The summed E-state index contributed by atoms with van der Waals surface area (Å²) in [5.74, 6) is 0.755. The van der Waals surface area contributed by atoms with E-state index in [0.29, 0.717) is 45.1 Å². The number of carbonyl (C=O) groups is 1. The predicted octanol–water partition coefficient (Wildman–Crippen LogP) is 5.67. The van der Waals surface area contributed by atoms with Crippen LogP contribution < -0.4 is 15.4 Å². The van der Waals surface area contributed by atoms with Gasteiger partial charge in [0.1, 0.15) is 17.6 Å². The molecule has 1 aliphatic heterocycles. The minimum absolute atomic E-state index is 0.344. The number of para-hydroxylation sites is 2. The topological polar surface area (TPSA) is 81.1 Å². The zero-order valence-electron chi connectivity index (χ0n) is 18.9. The fourth-order valence-electron chi connectivity index (χ4n) is 4.06. The molecule has 4 aromatic rings. The Bertz CT molecular complexity index is 1430. The lowest BCUT2D eigenvalue weighted by Gasteiger charge is -2.28. The number of nitrogens with zero attached hydrogens (tertiary/aromatic N) is 3. The van der Waals surface area contributed by atoms with Gasteiger partial charge in [0.25, 0.3) is 5.91 Å². The summed E-state index contributed by atoms with van der Waals surface area (Å²) in [6, 6.07) is 19.7. The van der Waals surface area contributed by atoms with E-state index in [2.05, 4.69) is 15.6 Å². The highest BCUT2D eigenvalue weighted by Crippen LogP contribution is 2.37. The molecule has 0 radical (unpaired) electrons. The molecule has 1 aromatic heterocycles. The molecule has 0 saturated heterocycles. The molecule has 7 nitrogen and oxygen atoms in total. The number of benzene rings is 3. The molecule has 35 heavy (non-hydrogen) atoms. The molecule has 2 N–H and O–H groups in total. The normalized spacial score (nSPS) is 14.8. The lowest BCUT2D eigenvalue weighted by molar-refractivity contribution is -0.113. The van der Waals surface area contributed by atoms with Crippen LogP contribution in [0.1, 0.15) is 18.5 Å². The molecule has 0 aliphatic carbocycles. The molecule has 3 aromatic carbocycles. The Morgan fingerprint density at radius 3 is 2.51 bits per heavy atom. The van der Waals surface area contributed by atoms with E-state index >= 15 is 0 Å². The van der Waals surface area contributed by atoms with Gasteiger partial charge in [0.05, 0.1) is 18.4 Å². The Morgan fingerprint density at radius 2 is 1.80 bits per heavy atom. The third-order valence-electron chi connectivity index (χ3n) is 5.74. The van der Waals surface area contributed by atoms with Gasteiger partial charge in [-0.05, 0) is 61.0 Å². The molecule has 1 aliphatic rings. The standard InChI is InChI=1S/C26H21ClFN5O2/c1-15-22(25(34)30-20-5-3-4-6-21(20)35-2)23(16-9-13-19(28)14-10-16)33-26(29-15)31-24(32-33)17-7-11-18(27)12-8-17/h3-14,23H,1-2H3,(H,30,34)(H,29,31,32). The quantitative estimate of drug-likeness (QED) is 0.377. The van der Waals surface area contributed by atoms with Crippen molar-refractivity contribution in [3.63, 3.8) is 0 Å². The number of allylic oxidation sites excluding steroid dienone is 1. The fraction of sp³-hybridized carbons (Fsp3) is 0.115. The van der Waals surface area contributed by atoms with E-state index in [1.165, 1.54) is 12.1 Å². The second-order valence-corrected chi connectivity index (χ2v) is 8.42. The van der Waals surface area contributed by atoms with Crippen LogP contribution in [0.15, 0.2) is 84.1 Å². The van der Waals surface area contributed by atoms with Gasteiger partial charge in [-0.2, -0.15) is 4.98 Å². The predicted molar refractivity (Wildman–Crippen MR) is 133 cm³/mol. The van der Waals surface area contributed by atoms with Crippen molar-refractivity contribution in [2.75, 3.05) is 17.7 Å². The van der Waals surface area contributed by atoms with Crippen molar-refractivity contribution in [1.82, 2.24) is 14.8 Å². The fourth-order valence-corrected chi connectivity index (χ4v) is 4.18. The van der Waals surface area contributed by atoms with Gasteiger partial charge in [0, 0.05) is 16.3 Å². The third-order valence-corrected chi connectivity index (χ3v) is 5.99. The van der Waals surface area contributed by atoms with Gasteiger partial charge in [-0.25, -0.2) is 9.07 Å². The largest absolute Gasteiger partial charge is 0.495 e. The van der Waals surface area contributed by atoms with E-state index in [0.717, 1.165) is 5.56 Å². The molecule has 1 unspecified atom stereocenters. The lowest BCUT2D eigenvalue weighted by Crippen LogP contribution is -2.31. The van der Waals surface area contributed by atoms with E-state index in [1.807, 2.05) is 24.3 Å². The number of carbonyl (C=O) groups excluding carboxylic acids is 1. The summed E-state index contributed by atoms with van der Waals surface area (Å²) in [5.41, 5.74) is 3.01. The van der Waals surface area contributed by atoms with Gasteiger partial charge in [0.15, 0.2) is 5.82 Å². The van der Waals surface area contributed by atoms with Gasteiger partial charge >= 0.3 is 0 Å². The summed E-state index contributed by atoms with van der Waals surface area (Å²) >= 11 is 6.03. The maximum absolute atomic E-state index is 13.7. The van der Waals surface area contributed by atoms with E-state index in [9.17, 15) is 9.18 Å². The second kappa shape index (κ2) is 9.23. The molecule has 5 rings (SSSR count). The summed E-state index contributed by atoms with van der Waals surface area (Å²) in [7, 11) is 1.54. The Labute approximate surface area is 206 Å². The number of nitrogens with one attached hydrogen (secondary N) is 2. The molecule has 0 bridgehead atoms. The van der Waals surface area contributed by atoms with Crippen molar-refractivity contribution in [2.45, 2.75) is 13.0 Å². The highest BCUT2D eigenvalue weighted by molar-refractivity contribution is 6.30. The summed E-state index contributed by atoms with van der Waals surface area (Å²) in [5, 5.41) is 11.4. The van der Waals surface area contributed by atoms with E-state index in [-0.39, 0.29) is 11.7 Å². The highest BCUT2D eigenvalue weighted by atomic mass is 35.5. The number of anilines is 2. The Kier molecular flexibility index (Phi) is 5.96. The van der Waals surface area contributed by atoms with Crippen LogP contribution in [0.4, 0.5) is 16.0 Å². The lowest BCUT2D eigenvalue weighted by atomic mass is 9.95.